The number of ether oxygens (including phenoxy) is 1. The van der Waals surface area contributed by atoms with Crippen LogP contribution in [0.4, 0.5) is 5.69 Å². The highest BCUT2D eigenvalue weighted by molar-refractivity contribution is 7.98. The standard InChI is InChI=1S/C25H21N3O3S2/c1-32-21-10-5-7-19(15-21)26-23(29)17-31-24(30)13-12-18-16-28(20-8-3-2-4-9-20)27-25(18)22-11-6-14-33-22/h2-16H,17H2,1H3,(H,26,29)/b13-12+. The van der Waals surface area contributed by atoms with Gasteiger partial charge in [-0.25, -0.2) is 9.48 Å². The minimum atomic E-state index is -0.604. The quantitative estimate of drug-likeness (QED) is 0.206. The van der Waals surface area contributed by atoms with E-state index in [0.717, 1.165) is 26.7 Å². The third-order valence-corrected chi connectivity index (χ3v) is 6.22. The molecular formula is C25H21N3O3S2. The summed E-state index contributed by atoms with van der Waals surface area (Å²) in [6.45, 7) is -0.367. The first-order valence-electron chi connectivity index (χ1n) is 10.1. The topological polar surface area (TPSA) is 73.2 Å². The maximum atomic E-state index is 12.2. The Bertz CT molecular complexity index is 1270. The zero-order chi connectivity index (χ0) is 23.0. The van der Waals surface area contributed by atoms with E-state index in [0.29, 0.717) is 5.69 Å². The van der Waals surface area contributed by atoms with E-state index < -0.39 is 11.9 Å². The van der Waals surface area contributed by atoms with Crippen molar-refractivity contribution in [2.75, 3.05) is 18.2 Å². The van der Waals surface area contributed by atoms with Gasteiger partial charge in [-0.2, -0.15) is 5.10 Å². The van der Waals surface area contributed by atoms with Gasteiger partial charge < -0.3 is 10.1 Å². The van der Waals surface area contributed by atoms with Crippen LogP contribution in [0.5, 0.6) is 0 Å². The zero-order valence-electron chi connectivity index (χ0n) is 17.8. The van der Waals surface area contributed by atoms with Crippen molar-refractivity contribution in [2.45, 2.75) is 4.90 Å². The molecule has 8 heteroatoms. The summed E-state index contributed by atoms with van der Waals surface area (Å²) in [5.74, 6) is -1.00. The lowest BCUT2D eigenvalue weighted by Gasteiger charge is -2.06. The van der Waals surface area contributed by atoms with E-state index >= 15 is 0 Å². The number of benzene rings is 2. The maximum Gasteiger partial charge on any atom is 0.331 e. The summed E-state index contributed by atoms with van der Waals surface area (Å²) in [4.78, 5) is 26.4. The fourth-order valence-electron chi connectivity index (χ4n) is 3.07. The van der Waals surface area contributed by atoms with Crippen molar-refractivity contribution in [1.29, 1.82) is 0 Å². The Labute approximate surface area is 199 Å². The van der Waals surface area contributed by atoms with Crippen LogP contribution >= 0.6 is 23.1 Å². The second-order valence-corrected chi connectivity index (χ2v) is 8.74. The summed E-state index contributed by atoms with van der Waals surface area (Å²) in [6.07, 6.45) is 6.79. The molecule has 2 aromatic carbocycles. The fraction of sp³-hybridized carbons (Fsp3) is 0.0800. The lowest BCUT2D eigenvalue weighted by molar-refractivity contribution is -0.142. The number of carbonyl (C=O) groups is 2. The molecule has 4 rings (SSSR count). The molecule has 166 valence electrons. The monoisotopic (exact) mass is 475 g/mol. The molecule has 0 unspecified atom stereocenters. The second-order valence-electron chi connectivity index (χ2n) is 6.91. The van der Waals surface area contributed by atoms with Crippen LogP contribution < -0.4 is 5.32 Å². The Balaban J connectivity index is 1.42. The average Bonchev–Trinajstić information content (AvgIpc) is 3.52. The van der Waals surface area contributed by atoms with Gasteiger partial charge in [-0.3, -0.25) is 4.79 Å². The van der Waals surface area contributed by atoms with E-state index in [1.165, 1.54) is 6.08 Å². The predicted octanol–water partition coefficient (Wildman–Crippen LogP) is 5.52. The molecule has 0 spiro atoms. The molecule has 0 bridgehead atoms. The number of thiophene rings is 1. The predicted molar refractivity (Wildman–Crippen MR) is 134 cm³/mol. The van der Waals surface area contributed by atoms with Crippen LogP contribution in [-0.4, -0.2) is 34.5 Å². The van der Waals surface area contributed by atoms with Gasteiger partial charge in [-0.15, -0.1) is 23.1 Å². The molecule has 0 aliphatic rings. The van der Waals surface area contributed by atoms with E-state index in [-0.39, 0.29) is 6.61 Å². The van der Waals surface area contributed by atoms with Gasteiger partial charge in [0.1, 0.15) is 5.69 Å². The number of hydrogen-bond donors (Lipinski definition) is 1. The number of aromatic nitrogens is 2. The van der Waals surface area contributed by atoms with Crippen LogP contribution in [0.15, 0.2) is 89.3 Å². The molecule has 2 heterocycles. The van der Waals surface area contributed by atoms with Gasteiger partial charge in [0.2, 0.25) is 0 Å². The SMILES string of the molecule is CSc1cccc(NC(=O)COC(=O)/C=C/c2cn(-c3ccccc3)nc2-c2cccs2)c1. The minimum absolute atomic E-state index is 0.367. The summed E-state index contributed by atoms with van der Waals surface area (Å²) in [5.41, 5.74) is 3.12. The van der Waals surface area contributed by atoms with Gasteiger partial charge in [0.15, 0.2) is 6.61 Å². The zero-order valence-corrected chi connectivity index (χ0v) is 19.4. The van der Waals surface area contributed by atoms with Crippen LogP contribution in [0.3, 0.4) is 0 Å². The molecule has 0 aliphatic heterocycles. The number of carbonyl (C=O) groups excluding carboxylic acids is 2. The first-order valence-corrected chi connectivity index (χ1v) is 12.2. The molecule has 0 aliphatic carbocycles. The van der Waals surface area contributed by atoms with E-state index in [9.17, 15) is 9.59 Å². The molecule has 0 radical (unpaired) electrons. The Morgan fingerprint density at radius 1 is 1.12 bits per heavy atom. The number of nitrogens with one attached hydrogen (secondary N) is 1. The number of nitrogens with zero attached hydrogens (tertiary/aromatic N) is 2. The summed E-state index contributed by atoms with van der Waals surface area (Å²) in [5, 5.41) is 9.40. The first-order chi connectivity index (χ1) is 16.1. The van der Waals surface area contributed by atoms with Crippen molar-refractivity contribution in [1.82, 2.24) is 9.78 Å². The van der Waals surface area contributed by atoms with Crippen LogP contribution in [0, 0.1) is 0 Å². The molecule has 4 aromatic rings. The third-order valence-electron chi connectivity index (χ3n) is 4.62. The van der Waals surface area contributed by atoms with E-state index in [1.54, 1.807) is 39.9 Å². The molecule has 1 N–H and O–H groups in total. The van der Waals surface area contributed by atoms with Crippen molar-refractivity contribution >= 4 is 46.7 Å². The molecule has 0 saturated heterocycles. The van der Waals surface area contributed by atoms with Crippen LogP contribution in [-0.2, 0) is 14.3 Å². The largest absolute Gasteiger partial charge is 0.452 e. The van der Waals surface area contributed by atoms with Gasteiger partial charge in [-0.1, -0.05) is 30.3 Å². The number of thioether (sulfide) groups is 1. The Hall–Kier alpha value is -3.62. The van der Waals surface area contributed by atoms with Crippen LogP contribution in [0.25, 0.3) is 22.3 Å². The summed E-state index contributed by atoms with van der Waals surface area (Å²) >= 11 is 3.15. The summed E-state index contributed by atoms with van der Waals surface area (Å²) in [7, 11) is 0. The lowest BCUT2D eigenvalue weighted by atomic mass is 10.2. The van der Waals surface area contributed by atoms with E-state index in [2.05, 4.69) is 5.32 Å². The third kappa shape index (κ3) is 6.00. The highest BCUT2D eigenvalue weighted by Crippen LogP contribution is 2.28. The number of esters is 1. The molecular weight excluding hydrogens is 454 g/mol. The molecule has 1 amide bonds. The van der Waals surface area contributed by atoms with E-state index in [4.69, 9.17) is 9.84 Å². The molecule has 0 saturated carbocycles. The molecule has 0 fully saturated rings. The van der Waals surface area contributed by atoms with Gasteiger partial charge in [0.05, 0.1) is 10.6 Å². The van der Waals surface area contributed by atoms with Crippen LogP contribution in [0.1, 0.15) is 5.56 Å². The normalized spacial score (nSPS) is 10.9. The first kappa shape index (κ1) is 22.6. The fourth-order valence-corrected chi connectivity index (χ4v) is 4.26. The molecule has 6 nitrogen and oxygen atoms in total. The second kappa shape index (κ2) is 10.8. The Kier molecular flexibility index (Phi) is 7.39. The highest BCUT2D eigenvalue weighted by atomic mass is 32.2. The molecule has 0 atom stereocenters. The van der Waals surface area contributed by atoms with Crippen molar-refractivity contribution in [2.24, 2.45) is 0 Å². The average molecular weight is 476 g/mol. The van der Waals surface area contributed by atoms with Crippen molar-refractivity contribution < 1.29 is 14.3 Å². The lowest BCUT2D eigenvalue weighted by Crippen LogP contribution is -2.20. The molecule has 33 heavy (non-hydrogen) atoms. The number of amides is 1. The number of hydrogen-bond acceptors (Lipinski definition) is 6. The van der Waals surface area contributed by atoms with Crippen molar-refractivity contribution in [3.05, 3.63) is 89.9 Å². The minimum Gasteiger partial charge on any atom is -0.452 e. The Morgan fingerprint density at radius 3 is 2.73 bits per heavy atom. The number of rotatable bonds is 8. The number of para-hydroxylation sites is 1. The van der Waals surface area contributed by atoms with Gasteiger partial charge in [0, 0.05) is 28.4 Å². The maximum absolute atomic E-state index is 12.2. The van der Waals surface area contributed by atoms with Crippen molar-refractivity contribution in [3.63, 3.8) is 0 Å². The van der Waals surface area contributed by atoms with E-state index in [1.807, 2.05) is 78.5 Å². The summed E-state index contributed by atoms with van der Waals surface area (Å²) in [6, 6.07) is 21.1. The van der Waals surface area contributed by atoms with Gasteiger partial charge >= 0.3 is 5.97 Å². The smallest absolute Gasteiger partial charge is 0.331 e. The highest BCUT2D eigenvalue weighted by Gasteiger charge is 2.12. The van der Waals surface area contributed by atoms with Crippen molar-refractivity contribution in [3.8, 4) is 16.3 Å². The number of anilines is 1. The molecule has 2 aromatic heterocycles. The Morgan fingerprint density at radius 2 is 1.97 bits per heavy atom. The summed E-state index contributed by atoms with van der Waals surface area (Å²) < 4.78 is 6.88. The van der Waals surface area contributed by atoms with Gasteiger partial charge in [0.25, 0.3) is 5.91 Å². The van der Waals surface area contributed by atoms with Gasteiger partial charge in [-0.05, 0) is 54.1 Å². The van der Waals surface area contributed by atoms with Crippen LogP contribution in [0.2, 0.25) is 0 Å².